The second kappa shape index (κ2) is 7.27. The number of hydrogen-bond donors (Lipinski definition) is 1. The second-order valence-corrected chi connectivity index (χ2v) is 5.97. The van der Waals surface area contributed by atoms with Crippen LogP contribution in [0.25, 0.3) is 0 Å². The van der Waals surface area contributed by atoms with E-state index in [0.29, 0.717) is 13.2 Å². The van der Waals surface area contributed by atoms with Gasteiger partial charge in [-0.15, -0.1) is 11.8 Å². The summed E-state index contributed by atoms with van der Waals surface area (Å²) >= 11 is 1.85. The molecule has 0 amide bonds. The molecule has 0 radical (unpaired) electrons. The van der Waals surface area contributed by atoms with Crippen LogP contribution < -0.4 is 14.8 Å². The predicted molar refractivity (Wildman–Crippen MR) is 87.7 cm³/mol. The van der Waals surface area contributed by atoms with Gasteiger partial charge < -0.3 is 14.8 Å². The van der Waals surface area contributed by atoms with E-state index in [2.05, 4.69) is 29.6 Å². The number of rotatable bonds is 6. The van der Waals surface area contributed by atoms with Crippen molar-refractivity contribution in [2.45, 2.75) is 11.3 Å². The third kappa shape index (κ3) is 4.08. The van der Waals surface area contributed by atoms with E-state index < -0.39 is 0 Å². The Hall–Kier alpha value is -1.81. The summed E-state index contributed by atoms with van der Waals surface area (Å²) < 4.78 is 11.1. The molecular weight excluding hydrogens is 282 g/mol. The molecule has 1 heterocycles. The molecule has 0 spiro atoms. The van der Waals surface area contributed by atoms with Crippen molar-refractivity contribution in [3.8, 4) is 11.5 Å². The largest absolute Gasteiger partial charge is 0.486 e. The summed E-state index contributed by atoms with van der Waals surface area (Å²) in [7, 11) is 0. The average molecular weight is 301 g/mol. The zero-order valence-corrected chi connectivity index (χ0v) is 12.7. The summed E-state index contributed by atoms with van der Waals surface area (Å²) in [5.74, 6) is 2.81. The Morgan fingerprint density at radius 1 is 0.952 bits per heavy atom. The molecule has 110 valence electrons. The SMILES string of the molecule is c1ccc(NCCCSc2ccc3c(c2)OCCO3)cc1. The van der Waals surface area contributed by atoms with Crippen LogP contribution in [0.1, 0.15) is 6.42 Å². The molecule has 0 aromatic heterocycles. The summed E-state index contributed by atoms with van der Waals surface area (Å²) in [5.41, 5.74) is 1.18. The van der Waals surface area contributed by atoms with Gasteiger partial charge >= 0.3 is 0 Å². The van der Waals surface area contributed by atoms with Gasteiger partial charge in [0.1, 0.15) is 13.2 Å². The zero-order chi connectivity index (χ0) is 14.3. The maximum absolute atomic E-state index is 5.60. The Bertz CT molecular complexity index is 574. The molecule has 3 rings (SSSR count). The molecule has 0 aliphatic carbocycles. The van der Waals surface area contributed by atoms with Crippen LogP contribution in [0.15, 0.2) is 53.4 Å². The lowest BCUT2D eigenvalue weighted by Gasteiger charge is -2.18. The number of ether oxygens (including phenoxy) is 2. The van der Waals surface area contributed by atoms with Crippen molar-refractivity contribution in [1.29, 1.82) is 0 Å². The molecule has 21 heavy (non-hydrogen) atoms. The van der Waals surface area contributed by atoms with Gasteiger partial charge in [0.2, 0.25) is 0 Å². The molecule has 1 aliphatic rings. The van der Waals surface area contributed by atoms with Gasteiger partial charge in [-0.3, -0.25) is 0 Å². The van der Waals surface area contributed by atoms with Crippen LogP contribution >= 0.6 is 11.8 Å². The van der Waals surface area contributed by atoms with Gasteiger partial charge in [-0.05, 0) is 42.5 Å². The maximum atomic E-state index is 5.60. The summed E-state index contributed by atoms with van der Waals surface area (Å²) in [6.07, 6.45) is 1.12. The molecule has 4 heteroatoms. The van der Waals surface area contributed by atoms with E-state index in [-0.39, 0.29) is 0 Å². The van der Waals surface area contributed by atoms with Crippen LogP contribution in [0, 0.1) is 0 Å². The van der Waals surface area contributed by atoms with E-state index in [1.165, 1.54) is 10.6 Å². The normalized spacial score (nSPS) is 13.0. The topological polar surface area (TPSA) is 30.5 Å². The predicted octanol–water partition coefficient (Wildman–Crippen LogP) is 4.05. The maximum Gasteiger partial charge on any atom is 0.162 e. The van der Waals surface area contributed by atoms with Crippen LogP contribution in [0.4, 0.5) is 5.69 Å². The molecule has 0 atom stereocenters. The first-order valence-electron chi connectivity index (χ1n) is 7.23. The lowest BCUT2D eigenvalue weighted by molar-refractivity contribution is 0.171. The fourth-order valence-corrected chi connectivity index (χ4v) is 3.04. The van der Waals surface area contributed by atoms with Crippen molar-refractivity contribution >= 4 is 17.4 Å². The highest BCUT2D eigenvalue weighted by molar-refractivity contribution is 7.99. The first kappa shape index (κ1) is 14.1. The lowest BCUT2D eigenvalue weighted by atomic mass is 10.3. The Balaban J connectivity index is 1.41. The summed E-state index contributed by atoms with van der Waals surface area (Å²) in [6, 6.07) is 16.5. The minimum atomic E-state index is 0.641. The molecular formula is C17H19NO2S. The van der Waals surface area contributed by atoms with Gasteiger partial charge in [0, 0.05) is 17.1 Å². The summed E-state index contributed by atoms with van der Waals surface area (Å²) in [4.78, 5) is 1.24. The van der Waals surface area contributed by atoms with Crippen molar-refractivity contribution in [3.05, 3.63) is 48.5 Å². The first-order chi connectivity index (χ1) is 10.4. The Morgan fingerprint density at radius 2 is 1.76 bits per heavy atom. The van der Waals surface area contributed by atoms with Crippen molar-refractivity contribution in [2.24, 2.45) is 0 Å². The molecule has 0 bridgehead atoms. The number of anilines is 1. The van der Waals surface area contributed by atoms with Crippen LogP contribution in [-0.2, 0) is 0 Å². The minimum Gasteiger partial charge on any atom is -0.486 e. The first-order valence-corrected chi connectivity index (χ1v) is 8.22. The van der Waals surface area contributed by atoms with Crippen LogP contribution in [0.2, 0.25) is 0 Å². The molecule has 3 nitrogen and oxygen atoms in total. The van der Waals surface area contributed by atoms with E-state index in [1.807, 2.05) is 36.0 Å². The van der Waals surface area contributed by atoms with Crippen molar-refractivity contribution < 1.29 is 9.47 Å². The summed E-state index contributed by atoms with van der Waals surface area (Å²) in [5, 5.41) is 3.42. The molecule has 0 unspecified atom stereocenters. The third-order valence-corrected chi connectivity index (χ3v) is 4.29. The molecule has 0 fully saturated rings. The number of thioether (sulfide) groups is 1. The number of hydrogen-bond acceptors (Lipinski definition) is 4. The zero-order valence-electron chi connectivity index (χ0n) is 11.9. The van der Waals surface area contributed by atoms with E-state index in [0.717, 1.165) is 30.2 Å². The molecule has 1 aliphatic heterocycles. The van der Waals surface area contributed by atoms with Crippen LogP contribution in [0.3, 0.4) is 0 Å². The van der Waals surface area contributed by atoms with Crippen molar-refractivity contribution in [1.82, 2.24) is 0 Å². The highest BCUT2D eigenvalue weighted by Crippen LogP contribution is 2.34. The smallest absolute Gasteiger partial charge is 0.162 e. The van der Waals surface area contributed by atoms with Crippen molar-refractivity contribution in [2.75, 3.05) is 30.8 Å². The lowest BCUT2D eigenvalue weighted by Crippen LogP contribution is -2.15. The number of fused-ring (bicyclic) bond motifs is 1. The number of benzene rings is 2. The standard InChI is InChI=1S/C17H19NO2S/c1-2-5-14(6-3-1)18-9-4-12-21-15-7-8-16-17(13-15)20-11-10-19-16/h1-3,5-8,13,18H,4,9-12H2. The van der Waals surface area contributed by atoms with Gasteiger partial charge in [-0.1, -0.05) is 18.2 Å². The number of para-hydroxylation sites is 1. The fourth-order valence-electron chi connectivity index (χ4n) is 2.16. The molecule has 2 aromatic carbocycles. The molecule has 1 N–H and O–H groups in total. The van der Waals surface area contributed by atoms with E-state index in [4.69, 9.17) is 9.47 Å². The van der Waals surface area contributed by atoms with Crippen molar-refractivity contribution in [3.63, 3.8) is 0 Å². The average Bonchev–Trinajstić information content (AvgIpc) is 2.55. The van der Waals surface area contributed by atoms with Crippen LogP contribution in [-0.4, -0.2) is 25.5 Å². The number of nitrogens with one attached hydrogen (secondary N) is 1. The Morgan fingerprint density at radius 3 is 2.62 bits per heavy atom. The third-order valence-electron chi connectivity index (χ3n) is 3.21. The molecule has 0 saturated heterocycles. The quantitative estimate of drug-likeness (QED) is 0.644. The van der Waals surface area contributed by atoms with Gasteiger partial charge in [0.05, 0.1) is 0 Å². The molecule has 0 saturated carbocycles. The Labute approximate surface area is 129 Å². The highest BCUT2D eigenvalue weighted by Gasteiger charge is 2.11. The van der Waals surface area contributed by atoms with E-state index >= 15 is 0 Å². The van der Waals surface area contributed by atoms with Gasteiger partial charge in [-0.2, -0.15) is 0 Å². The highest BCUT2D eigenvalue weighted by atomic mass is 32.2. The van der Waals surface area contributed by atoms with E-state index in [1.54, 1.807) is 0 Å². The minimum absolute atomic E-state index is 0.641. The fraction of sp³-hybridized carbons (Fsp3) is 0.294. The van der Waals surface area contributed by atoms with Gasteiger partial charge in [0.15, 0.2) is 11.5 Å². The monoisotopic (exact) mass is 301 g/mol. The van der Waals surface area contributed by atoms with E-state index in [9.17, 15) is 0 Å². The Kier molecular flexibility index (Phi) is 4.90. The van der Waals surface area contributed by atoms with Gasteiger partial charge in [0.25, 0.3) is 0 Å². The summed E-state index contributed by atoms with van der Waals surface area (Å²) in [6.45, 7) is 2.27. The van der Waals surface area contributed by atoms with Gasteiger partial charge in [-0.25, -0.2) is 0 Å². The van der Waals surface area contributed by atoms with Crippen LogP contribution in [0.5, 0.6) is 11.5 Å². The second-order valence-electron chi connectivity index (χ2n) is 4.80. The molecule has 2 aromatic rings.